The van der Waals surface area contributed by atoms with Gasteiger partial charge in [-0.2, -0.15) is 0 Å². The van der Waals surface area contributed by atoms with Crippen molar-refractivity contribution in [3.8, 4) is 0 Å². The molecule has 4 nitrogen and oxygen atoms in total. The second kappa shape index (κ2) is 5.18. The highest BCUT2D eigenvalue weighted by Gasteiger charge is 2.08. The standard InChI is InChI=1S/C13H16N4S/c1-9-5-10(13(14)15)3-4-12(9)17(2)6-11-7-18-8-16-11/h3-5,7-8H,6H2,1-2H3,(H3,14,15). The molecule has 1 heterocycles. The molecular formula is C13H16N4S. The van der Waals surface area contributed by atoms with Gasteiger partial charge in [0.1, 0.15) is 5.84 Å². The van der Waals surface area contributed by atoms with Gasteiger partial charge in [-0.1, -0.05) is 0 Å². The molecule has 0 aliphatic carbocycles. The van der Waals surface area contributed by atoms with Crippen molar-refractivity contribution in [1.29, 1.82) is 5.41 Å². The van der Waals surface area contributed by atoms with Crippen LogP contribution < -0.4 is 10.6 Å². The maximum absolute atomic E-state index is 7.42. The number of hydrogen-bond acceptors (Lipinski definition) is 4. The lowest BCUT2D eigenvalue weighted by molar-refractivity contribution is 0.890. The largest absolute Gasteiger partial charge is 0.384 e. The number of anilines is 1. The molecule has 0 spiro atoms. The average molecular weight is 260 g/mol. The summed E-state index contributed by atoms with van der Waals surface area (Å²) in [6.45, 7) is 2.81. The summed E-state index contributed by atoms with van der Waals surface area (Å²) in [5, 5.41) is 9.48. The number of aromatic nitrogens is 1. The van der Waals surface area contributed by atoms with E-state index in [0.717, 1.165) is 29.1 Å². The summed E-state index contributed by atoms with van der Waals surface area (Å²) in [7, 11) is 2.04. The van der Waals surface area contributed by atoms with Gasteiger partial charge in [0.05, 0.1) is 17.7 Å². The molecule has 0 atom stereocenters. The van der Waals surface area contributed by atoms with Gasteiger partial charge in [-0.05, 0) is 30.7 Å². The number of benzene rings is 1. The maximum Gasteiger partial charge on any atom is 0.122 e. The molecule has 0 saturated carbocycles. The molecule has 0 unspecified atom stereocenters. The zero-order chi connectivity index (χ0) is 13.1. The lowest BCUT2D eigenvalue weighted by Crippen LogP contribution is -2.18. The number of thiazole rings is 1. The SMILES string of the molecule is Cc1cc(C(=N)N)ccc1N(C)Cc1cscn1. The van der Waals surface area contributed by atoms with E-state index in [0.29, 0.717) is 0 Å². The van der Waals surface area contributed by atoms with Gasteiger partial charge in [-0.15, -0.1) is 11.3 Å². The Bertz CT molecular complexity index is 548. The van der Waals surface area contributed by atoms with Crippen LogP contribution in [0.3, 0.4) is 0 Å². The van der Waals surface area contributed by atoms with Gasteiger partial charge < -0.3 is 10.6 Å². The number of nitrogens with two attached hydrogens (primary N) is 1. The van der Waals surface area contributed by atoms with E-state index in [2.05, 4.69) is 15.3 Å². The molecule has 5 heteroatoms. The predicted octanol–water partition coefficient (Wildman–Crippen LogP) is 2.37. The Morgan fingerprint density at radius 3 is 2.83 bits per heavy atom. The molecule has 94 valence electrons. The Kier molecular flexibility index (Phi) is 3.62. The van der Waals surface area contributed by atoms with Crippen LogP contribution in [0.1, 0.15) is 16.8 Å². The molecular weight excluding hydrogens is 244 g/mol. The molecule has 3 N–H and O–H groups in total. The molecule has 0 aliphatic heterocycles. The Balaban J connectivity index is 2.20. The van der Waals surface area contributed by atoms with Crippen molar-refractivity contribution < 1.29 is 0 Å². The van der Waals surface area contributed by atoms with Crippen molar-refractivity contribution in [2.45, 2.75) is 13.5 Å². The Labute approximate surface area is 111 Å². The number of aryl methyl sites for hydroxylation is 1. The van der Waals surface area contributed by atoms with Crippen molar-refractivity contribution in [2.75, 3.05) is 11.9 Å². The minimum absolute atomic E-state index is 0.104. The number of nitrogens with zero attached hydrogens (tertiary/aromatic N) is 2. The molecule has 18 heavy (non-hydrogen) atoms. The first-order valence-corrected chi connectivity index (χ1v) is 6.55. The first kappa shape index (κ1) is 12.6. The van der Waals surface area contributed by atoms with Gasteiger partial charge in [-0.3, -0.25) is 5.41 Å². The van der Waals surface area contributed by atoms with Gasteiger partial charge >= 0.3 is 0 Å². The van der Waals surface area contributed by atoms with Crippen molar-refractivity contribution in [2.24, 2.45) is 5.73 Å². The van der Waals surface area contributed by atoms with Crippen LogP contribution in [-0.2, 0) is 6.54 Å². The fourth-order valence-electron chi connectivity index (χ4n) is 1.90. The van der Waals surface area contributed by atoms with Gasteiger partial charge in [0.2, 0.25) is 0 Å². The maximum atomic E-state index is 7.42. The van der Waals surface area contributed by atoms with E-state index in [4.69, 9.17) is 11.1 Å². The van der Waals surface area contributed by atoms with Crippen molar-refractivity contribution in [3.05, 3.63) is 45.9 Å². The molecule has 0 saturated heterocycles. The Morgan fingerprint density at radius 2 is 2.28 bits per heavy atom. The normalized spacial score (nSPS) is 10.3. The van der Waals surface area contributed by atoms with E-state index >= 15 is 0 Å². The first-order chi connectivity index (χ1) is 8.58. The molecule has 0 bridgehead atoms. The van der Waals surface area contributed by atoms with Crippen LogP contribution in [0.2, 0.25) is 0 Å². The Morgan fingerprint density at radius 1 is 1.50 bits per heavy atom. The summed E-state index contributed by atoms with van der Waals surface area (Å²) in [5.41, 5.74) is 11.4. The van der Waals surface area contributed by atoms with Crippen LogP contribution >= 0.6 is 11.3 Å². The molecule has 1 aromatic heterocycles. The van der Waals surface area contributed by atoms with Gasteiger partial charge in [-0.25, -0.2) is 4.98 Å². The van der Waals surface area contributed by atoms with Crippen LogP contribution in [-0.4, -0.2) is 17.9 Å². The lowest BCUT2D eigenvalue weighted by Gasteiger charge is -2.21. The van der Waals surface area contributed by atoms with E-state index in [9.17, 15) is 0 Å². The van der Waals surface area contributed by atoms with Crippen molar-refractivity contribution >= 4 is 22.9 Å². The highest BCUT2D eigenvalue weighted by Crippen LogP contribution is 2.21. The van der Waals surface area contributed by atoms with E-state index in [1.165, 1.54) is 0 Å². The fourth-order valence-corrected chi connectivity index (χ4v) is 2.44. The topological polar surface area (TPSA) is 66.0 Å². The average Bonchev–Trinajstić information content (AvgIpc) is 2.81. The van der Waals surface area contributed by atoms with E-state index in [1.807, 2.05) is 37.7 Å². The molecule has 2 aromatic rings. The third kappa shape index (κ3) is 2.68. The third-order valence-electron chi connectivity index (χ3n) is 2.80. The lowest BCUT2D eigenvalue weighted by atomic mass is 10.1. The van der Waals surface area contributed by atoms with Crippen molar-refractivity contribution in [3.63, 3.8) is 0 Å². The highest BCUT2D eigenvalue weighted by molar-refractivity contribution is 7.07. The van der Waals surface area contributed by atoms with Crippen LogP contribution in [0.4, 0.5) is 5.69 Å². The summed E-state index contributed by atoms with van der Waals surface area (Å²) in [4.78, 5) is 6.43. The summed E-state index contributed by atoms with van der Waals surface area (Å²) in [6, 6.07) is 5.82. The summed E-state index contributed by atoms with van der Waals surface area (Å²) < 4.78 is 0. The van der Waals surface area contributed by atoms with E-state index < -0.39 is 0 Å². The van der Waals surface area contributed by atoms with Crippen LogP contribution in [0, 0.1) is 12.3 Å². The monoisotopic (exact) mass is 260 g/mol. The van der Waals surface area contributed by atoms with E-state index in [-0.39, 0.29) is 5.84 Å². The van der Waals surface area contributed by atoms with Gasteiger partial charge in [0, 0.05) is 23.7 Å². The molecule has 0 radical (unpaired) electrons. The van der Waals surface area contributed by atoms with Gasteiger partial charge in [0.25, 0.3) is 0 Å². The summed E-state index contributed by atoms with van der Waals surface area (Å²) in [6.07, 6.45) is 0. The minimum Gasteiger partial charge on any atom is -0.384 e. The summed E-state index contributed by atoms with van der Waals surface area (Å²) >= 11 is 1.60. The second-order valence-electron chi connectivity index (χ2n) is 4.25. The fraction of sp³-hybridized carbons (Fsp3) is 0.231. The quantitative estimate of drug-likeness (QED) is 0.655. The van der Waals surface area contributed by atoms with Crippen LogP contribution in [0.25, 0.3) is 0 Å². The molecule has 0 amide bonds. The number of rotatable bonds is 4. The number of hydrogen-bond donors (Lipinski definition) is 2. The molecule has 1 aromatic carbocycles. The zero-order valence-electron chi connectivity index (χ0n) is 10.5. The van der Waals surface area contributed by atoms with Gasteiger partial charge in [0.15, 0.2) is 0 Å². The predicted molar refractivity (Wildman–Crippen MR) is 76.4 cm³/mol. The summed E-state index contributed by atoms with van der Waals surface area (Å²) in [5.74, 6) is 0.104. The third-order valence-corrected chi connectivity index (χ3v) is 3.44. The van der Waals surface area contributed by atoms with Crippen LogP contribution in [0.5, 0.6) is 0 Å². The van der Waals surface area contributed by atoms with Crippen molar-refractivity contribution in [1.82, 2.24) is 4.98 Å². The Hall–Kier alpha value is -1.88. The minimum atomic E-state index is 0.104. The van der Waals surface area contributed by atoms with Crippen LogP contribution in [0.15, 0.2) is 29.1 Å². The highest BCUT2D eigenvalue weighted by atomic mass is 32.1. The first-order valence-electron chi connectivity index (χ1n) is 5.61. The smallest absolute Gasteiger partial charge is 0.122 e. The molecule has 2 rings (SSSR count). The number of amidine groups is 1. The van der Waals surface area contributed by atoms with E-state index in [1.54, 1.807) is 11.3 Å². The number of nitrogens with one attached hydrogen (secondary N) is 1. The number of nitrogen functional groups attached to an aromatic ring is 1. The molecule has 0 aliphatic rings. The molecule has 0 fully saturated rings. The second-order valence-corrected chi connectivity index (χ2v) is 4.97. The zero-order valence-corrected chi connectivity index (χ0v) is 11.3.